The van der Waals surface area contributed by atoms with Crippen LogP contribution < -0.4 is 10.6 Å². The van der Waals surface area contributed by atoms with Crippen LogP contribution in [-0.4, -0.2) is 60.1 Å². The van der Waals surface area contributed by atoms with Gasteiger partial charge in [0.25, 0.3) is 0 Å². The van der Waals surface area contributed by atoms with Gasteiger partial charge in [-0.2, -0.15) is 5.10 Å². The third-order valence-corrected chi connectivity index (χ3v) is 4.87. The summed E-state index contributed by atoms with van der Waals surface area (Å²) >= 11 is 0. The first-order valence-corrected chi connectivity index (χ1v) is 9.36. The minimum Gasteiger partial charge on any atom is -0.376 e. The Balaban J connectivity index is 1.32. The zero-order chi connectivity index (χ0) is 18.4. The Morgan fingerprint density at radius 3 is 2.81 bits per heavy atom. The summed E-state index contributed by atoms with van der Waals surface area (Å²) in [5.41, 5.74) is 0.736. The lowest BCUT2D eigenvalue weighted by Gasteiger charge is -2.23. The fourth-order valence-electron chi connectivity index (χ4n) is 3.37. The second kappa shape index (κ2) is 9.14. The van der Waals surface area contributed by atoms with Crippen molar-refractivity contribution in [3.05, 3.63) is 18.0 Å². The number of aryl methyl sites for hydroxylation is 1. The second-order valence-corrected chi connectivity index (χ2v) is 7.08. The lowest BCUT2D eigenvalue weighted by molar-refractivity contribution is -0.126. The van der Waals surface area contributed by atoms with Crippen molar-refractivity contribution in [2.24, 2.45) is 13.0 Å². The first kappa shape index (κ1) is 18.8. The van der Waals surface area contributed by atoms with Gasteiger partial charge in [0.2, 0.25) is 11.8 Å². The molecule has 3 rings (SSSR count). The minimum absolute atomic E-state index is 0.0153. The van der Waals surface area contributed by atoms with Crippen LogP contribution in [0.15, 0.2) is 12.3 Å². The number of carbonyl (C=O) groups excluding carboxylic acids is 2. The zero-order valence-electron chi connectivity index (χ0n) is 15.3. The van der Waals surface area contributed by atoms with Gasteiger partial charge in [0.1, 0.15) is 0 Å². The molecule has 1 aromatic heterocycles. The van der Waals surface area contributed by atoms with E-state index in [0.717, 1.165) is 31.6 Å². The Hall–Kier alpha value is -1.93. The highest BCUT2D eigenvalue weighted by molar-refractivity contribution is 5.79. The summed E-state index contributed by atoms with van der Waals surface area (Å²) < 4.78 is 13.0. The largest absolute Gasteiger partial charge is 0.376 e. The normalized spacial score (nSPS) is 25.8. The SMILES string of the molecule is Cn1ccc(CC(=O)NC[C@@H]2C[C@H](C(=O)NCC3CCCCO3)CO2)n1. The molecule has 0 saturated carbocycles. The smallest absolute Gasteiger partial charge is 0.226 e. The Morgan fingerprint density at radius 2 is 2.08 bits per heavy atom. The molecule has 1 unspecified atom stereocenters. The Labute approximate surface area is 153 Å². The van der Waals surface area contributed by atoms with Crippen molar-refractivity contribution in [3.63, 3.8) is 0 Å². The molecule has 3 heterocycles. The molecule has 0 radical (unpaired) electrons. The van der Waals surface area contributed by atoms with Crippen LogP contribution in [-0.2, 0) is 32.5 Å². The van der Waals surface area contributed by atoms with Crippen LogP contribution in [0.2, 0.25) is 0 Å². The van der Waals surface area contributed by atoms with Gasteiger partial charge in [-0.1, -0.05) is 0 Å². The van der Waals surface area contributed by atoms with Crippen LogP contribution in [0.1, 0.15) is 31.4 Å². The monoisotopic (exact) mass is 364 g/mol. The Morgan fingerprint density at radius 1 is 1.23 bits per heavy atom. The first-order valence-electron chi connectivity index (χ1n) is 9.36. The van der Waals surface area contributed by atoms with E-state index >= 15 is 0 Å². The number of amides is 2. The molecule has 0 spiro atoms. The maximum absolute atomic E-state index is 12.3. The molecule has 144 valence electrons. The van der Waals surface area contributed by atoms with Gasteiger partial charge in [-0.25, -0.2) is 0 Å². The maximum Gasteiger partial charge on any atom is 0.226 e. The van der Waals surface area contributed by atoms with Crippen LogP contribution in [0.5, 0.6) is 0 Å². The predicted molar refractivity (Wildman–Crippen MR) is 94.4 cm³/mol. The van der Waals surface area contributed by atoms with E-state index in [4.69, 9.17) is 9.47 Å². The van der Waals surface area contributed by atoms with Crippen LogP contribution >= 0.6 is 0 Å². The van der Waals surface area contributed by atoms with Gasteiger partial charge in [-0.3, -0.25) is 14.3 Å². The summed E-state index contributed by atoms with van der Waals surface area (Å²) in [6.45, 7) is 2.17. The van der Waals surface area contributed by atoms with E-state index in [9.17, 15) is 9.59 Å². The highest BCUT2D eigenvalue weighted by atomic mass is 16.5. The number of nitrogens with zero attached hydrogens (tertiary/aromatic N) is 2. The summed E-state index contributed by atoms with van der Waals surface area (Å²) in [7, 11) is 1.82. The van der Waals surface area contributed by atoms with E-state index in [1.165, 1.54) is 0 Å². The zero-order valence-corrected chi connectivity index (χ0v) is 15.3. The van der Waals surface area contributed by atoms with Gasteiger partial charge >= 0.3 is 0 Å². The summed E-state index contributed by atoms with van der Waals surface area (Å²) in [5.74, 6) is -0.229. The van der Waals surface area contributed by atoms with Crippen LogP contribution in [0.4, 0.5) is 0 Å². The molecule has 2 aliphatic heterocycles. The number of hydrogen-bond donors (Lipinski definition) is 2. The molecule has 0 aromatic carbocycles. The van der Waals surface area contributed by atoms with Crippen molar-refractivity contribution >= 4 is 11.8 Å². The van der Waals surface area contributed by atoms with Crippen LogP contribution in [0.3, 0.4) is 0 Å². The molecule has 2 saturated heterocycles. The van der Waals surface area contributed by atoms with E-state index in [-0.39, 0.29) is 36.4 Å². The topological polar surface area (TPSA) is 94.5 Å². The number of rotatable bonds is 7. The molecule has 2 fully saturated rings. The van der Waals surface area contributed by atoms with Gasteiger partial charge in [0, 0.05) is 32.9 Å². The number of hydrogen-bond acceptors (Lipinski definition) is 5. The third-order valence-electron chi connectivity index (χ3n) is 4.87. The van der Waals surface area contributed by atoms with Crippen LogP contribution in [0.25, 0.3) is 0 Å². The Bertz CT molecular complexity index is 612. The number of aromatic nitrogens is 2. The van der Waals surface area contributed by atoms with E-state index in [2.05, 4.69) is 15.7 Å². The van der Waals surface area contributed by atoms with E-state index < -0.39 is 0 Å². The van der Waals surface area contributed by atoms with Crippen LogP contribution in [0, 0.1) is 5.92 Å². The fraction of sp³-hybridized carbons (Fsp3) is 0.722. The first-order chi connectivity index (χ1) is 12.6. The molecule has 1 aromatic rings. The predicted octanol–water partition coefficient (Wildman–Crippen LogP) is 0.169. The quantitative estimate of drug-likeness (QED) is 0.719. The molecule has 2 N–H and O–H groups in total. The van der Waals surface area contributed by atoms with Gasteiger partial charge in [0.05, 0.1) is 36.8 Å². The fourth-order valence-corrected chi connectivity index (χ4v) is 3.37. The molecular weight excluding hydrogens is 336 g/mol. The van der Waals surface area contributed by atoms with Gasteiger partial charge in [0.15, 0.2) is 0 Å². The van der Waals surface area contributed by atoms with E-state index in [1.54, 1.807) is 4.68 Å². The summed E-state index contributed by atoms with van der Waals surface area (Å²) in [4.78, 5) is 24.2. The van der Waals surface area contributed by atoms with Crippen molar-refractivity contribution in [3.8, 4) is 0 Å². The Kier molecular flexibility index (Phi) is 6.62. The van der Waals surface area contributed by atoms with Gasteiger partial charge in [-0.05, 0) is 31.7 Å². The summed E-state index contributed by atoms with van der Waals surface area (Å²) in [6, 6.07) is 1.82. The lowest BCUT2D eigenvalue weighted by Crippen LogP contribution is -2.39. The lowest BCUT2D eigenvalue weighted by atomic mass is 10.0. The highest BCUT2D eigenvalue weighted by Gasteiger charge is 2.31. The second-order valence-electron chi connectivity index (χ2n) is 7.08. The molecule has 2 amide bonds. The van der Waals surface area contributed by atoms with Gasteiger partial charge in [-0.15, -0.1) is 0 Å². The number of carbonyl (C=O) groups is 2. The molecule has 3 atom stereocenters. The molecule has 8 nitrogen and oxygen atoms in total. The maximum atomic E-state index is 12.3. The minimum atomic E-state index is -0.156. The van der Waals surface area contributed by atoms with E-state index in [0.29, 0.717) is 26.1 Å². The van der Waals surface area contributed by atoms with Crippen molar-refractivity contribution in [2.75, 3.05) is 26.3 Å². The third kappa shape index (κ3) is 5.54. The van der Waals surface area contributed by atoms with Crippen molar-refractivity contribution in [1.82, 2.24) is 20.4 Å². The van der Waals surface area contributed by atoms with Crippen molar-refractivity contribution in [1.29, 1.82) is 0 Å². The highest BCUT2D eigenvalue weighted by Crippen LogP contribution is 2.19. The molecule has 2 aliphatic rings. The molecule has 26 heavy (non-hydrogen) atoms. The average Bonchev–Trinajstić information content (AvgIpc) is 3.28. The van der Waals surface area contributed by atoms with Crippen molar-refractivity contribution in [2.45, 2.75) is 44.3 Å². The molecule has 8 heteroatoms. The summed E-state index contributed by atoms with van der Waals surface area (Å²) in [5, 5.41) is 10.0. The number of nitrogens with one attached hydrogen (secondary N) is 2. The van der Waals surface area contributed by atoms with Crippen molar-refractivity contribution < 1.29 is 19.1 Å². The van der Waals surface area contributed by atoms with Gasteiger partial charge < -0.3 is 20.1 Å². The standard InChI is InChI=1S/C18H28N4O4/c1-22-6-5-14(21-22)9-17(23)19-11-16-8-13(12-26-16)18(24)20-10-15-4-2-3-7-25-15/h5-6,13,15-16H,2-4,7-12H2,1H3,(H,19,23)(H,20,24)/t13-,15?,16-/m0/s1. The molecule has 0 bridgehead atoms. The average molecular weight is 364 g/mol. The molecular formula is C18H28N4O4. The number of ether oxygens (including phenoxy) is 2. The van der Waals surface area contributed by atoms with E-state index in [1.807, 2.05) is 19.3 Å². The molecule has 0 aliphatic carbocycles. The summed E-state index contributed by atoms with van der Waals surface area (Å²) in [6.07, 6.45) is 5.97.